The highest BCUT2D eigenvalue weighted by molar-refractivity contribution is 7.86. The first-order chi connectivity index (χ1) is 9.39. The van der Waals surface area contributed by atoms with Gasteiger partial charge in [-0.25, -0.2) is 0 Å². The van der Waals surface area contributed by atoms with E-state index in [2.05, 4.69) is 10.2 Å². The lowest BCUT2D eigenvalue weighted by atomic mass is 10.1. The number of piperidine rings is 1. The highest BCUT2D eigenvalue weighted by atomic mass is 32.2. The molecule has 1 fully saturated rings. The maximum absolute atomic E-state index is 12.7. The molecule has 1 heterocycles. The van der Waals surface area contributed by atoms with Crippen molar-refractivity contribution in [3.63, 3.8) is 0 Å². The maximum Gasteiger partial charge on any atom is 0.282 e. The van der Waals surface area contributed by atoms with E-state index in [0.717, 1.165) is 38.8 Å². The van der Waals surface area contributed by atoms with Crippen LogP contribution in [0, 0.1) is 0 Å². The minimum Gasteiger partial charge on any atom is -0.318 e. The second-order valence-electron chi connectivity index (χ2n) is 5.80. The Labute approximate surface area is 124 Å². The Morgan fingerprint density at radius 3 is 2.50 bits per heavy atom. The van der Waals surface area contributed by atoms with Gasteiger partial charge in [-0.15, -0.1) is 0 Å². The van der Waals surface area contributed by atoms with Crippen molar-refractivity contribution in [2.75, 3.05) is 54.4 Å². The van der Waals surface area contributed by atoms with E-state index >= 15 is 0 Å². The van der Waals surface area contributed by atoms with Crippen molar-refractivity contribution in [3.8, 4) is 0 Å². The molecule has 0 aliphatic carbocycles. The van der Waals surface area contributed by atoms with Gasteiger partial charge in [-0.2, -0.15) is 17.0 Å². The molecule has 1 N–H and O–H groups in total. The van der Waals surface area contributed by atoms with E-state index in [9.17, 15) is 8.42 Å². The number of nitrogens with zero attached hydrogens (tertiary/aromatic N) is 3. The predicted octanol–water partition coefficient (Wildman–Crippen LogP) is 0.189. The van der Waals surface area contributed by atoms with E-state index in [-0.39, 0.29) is 6.04 Å². The van der Waals surface area contributed by atoms with Crippen LogP contribution in [0.25, 0.3) is 0 Å². The summed E-state index contributed by atoms with van der Waals surface area (Å²) in [5.74, 6) is 0. The number of hydrogen-bond acceptors (Lipinski definition) is 4. The van der Waals surface area contributed by atoms with Crippen LogP contribution in [0.5, 0.6) is 0 Å². The van der Waals surface area contributed by atoms with Crippen molar-refractivity contribution in [3.05, 3.63) is 0 Å². The van der Waals surface area contributed by atoms with Gasteiger partial charge in [0, 0.05) is 32.7 Å². The molecule has 120 valence electrons. The van der Waals surface area contributed by atoms with E-state index in [1.165, 1.54) is 4.31 Å². The topological polar surface area (TPSA) is 55.9 Å². The number of rotatable bonds is 8. The molecule has 0 saturated carbocycles. The molecule has 0 amide bonds. The van der Waals surface area contributed by atoms with Crippen LogP contribution >= 0.6 is 0 Å². The van der Waals surface area contributed by atoms with E-state index in [1.807, 2.05) is 21.1 Å². The fraction of sp³-hybridized carbons (Fsp3) is 1.00. The first-order valence-corrected chi connectivity index (χ1v) is 8.81. The van der Waals surface area contributed by atoms with Crippen LogP contribution in [0.1, 0.15) is 25.7 Å². The molecule has 0 spiro atoms. The maximum atomic E-state index is 12.7. The van der Waals surface area contributed by atoms with Crippen LogP contribution in [0.2, 0.25) is 0 Å². The van der Waals surface area contributed by atoms with Gasteiger partial charge in [-0.3, -0.25) is 0 Å². The Kier molecular flexibility index (Phi) is 7.39. The van der Waals surface area contributed by atoms with E-state index in [4.69, 9.17) is 0 Å². The standard InChI is InChI=1S/C13H30N4O2S/c1-14-12-13-8-5-6-11-17(13)20(18,19)16(4)10-7-9-15(2)3/h13-14H,5-12H2,1-4H3. The zero-order chi connectivity index (χ0) is 15.2. The fourth-order valence-electron chi connectivity index (χ4n) is 2.62. The zero-order valence-corrected chi connectivity index (χ0v) is 14.1. The third kappa shape index (κ3) is 4.96. The average Bonchev–Trinajstić information content (AvgIpc) is 2.39. The third-order valence-corrected chi connectivity index (χ3v) is 5.83. The molecule has 0 radical (unpaired) electrons. The Morgan fingerprint density at radius 2 is 1.90 bits per heavy atom. The first kappa shape index (κ1) is 17.8. The molecule has 0 aromatic carbocycles. The normalized spacial score (nSPS) is 21.8. The molecule has 20 heavy (non-hydrogen) atoms. The molecule has 0 bridgehead atoms. The smallest absolute Gasteiger partial charge is 0.282 e. The van der Waals surface area contributed by atoms with Crippen LogP contribution in [0.15, 0.2) is 0 Å². The van der Waals surface area contributed by atoms with Gasteiger partial charge in [-0.1, -0.05) is 6.42 Å². The Bertz CT molecular complexity index is 371. The molecule has 1 atom stereocenters. The summed E-state index contributed by atoms with van der Waals surface area (Å²) < 4.78 is 28.5. The quantitative estimate of drug-likeness (QED) is 0.695. The Balaban J connectivity index is 2.64. The van der Waals surface area contributed by atoms with Gasteiger partial charge in [0.2, 0.25) is 0 Å². The van der Waals surface area contributed by atoms with Crippen molar-refractivity contribution in [1.29, 1.82) is 0 Å². The van der Waals surface area contributed by atoms with E-state index in [0.29, 0.717) is 13.1 Å². The highest BCUT2D eigenvalue weighted by Gasteiger charge is 2.34. The molecule has 1 unspecified atom stereocenters. The van der Waals surface area contributed by atoms with Gasteiger partial charge < -0.3 is 10.2 Å². The van der Waals surface area contributed by atoms with E-state index in [1.54, 1.807) is 11.4 Å². The van der Waals surface area contributed by atoms with Crippen molar-refractivity contribution < 1.29 is 8.42 Å². The number of hydrogen-bond donors (Lipinski definition) is 1. The van der Waals surface area contributed by atoms with Gasteiger partial charge in [0.15, 0.2) is 0 Å². The van der Waals surface area contributed by atoms with Crippen LogP contribution in [-0.2, 0) is 10.2 Å². The molecule has 7 heteroatoms. The van der Waals surface area contributed by atoms with Crippen LogP contribution in [0.4, 0.5) is 0 Å². The highest BCUT2D eigenvalue weighted by Crippen LogP contribution is 2.21. The Hall–Kier alpha value is -0.210. The van der Waals surface area contributed by atoms with Gasteiger partial charge in [0.05, 0.1) is 0 Å². The molecule has 1 rings (SSSR count). The summed E-state index contributed by atoms with van der Waals surface area (Å²) in [6.07, 6.45) is 3.88. The second-order valence-corrected chi connectivity index (χ2v) is 7.79. The monoisotopic (exact) mass is 306 g/mol. The lowest BCUT2D eigenvalue weighted by Crippen LogP contribution is -2.52. The molecule has 1 aliphatic heterocycles. The predicted molar refractivity (Wildman–Crippen MR) is 83.0 cm³/mol. The minimum atomic E-state index is -3.32. The van der Waals surface area contributed by atoms with Crippen molar-refractivity contribution >= 4 is 10.2 Å². The van der Waals surface area contributed by atoms with Gasteiger partial charge in [0.25, 0.3) is 10.2 Å². The molecule has 0 aromatic heterocycles. The van der Waals surface area contributed by atoms with Crippen molar-refractivity contribution in [2.24, 2.45) is 0 Å². The summed E-state index contributed by atoms with van der Waals surface area (Å²) in [7, 11) is 4.25. The second kappa shape index (κ2) is 8.29. The lowest BCUT2D eigenvalue weighted by Gasteiger charge is -2.37. The fourth-order valence-corrected chi connectivity index (χ4v) is 4.26. The summed E-state index contributed by atoms with van der Waals surface area (Å²) in [6, 6.07) is 0.0926. The van der Waals surface area contributed by atoms with Crippen LogP contribution in [0.3, 0.4) is 0 Å². The van der Waals surface area contributed by atoms with Gasteiger partial charge in [-0.05, 0) is 47.0 Å². The van der Waals surface area contributed by atoms with Crippen LogP contribution in [-0.4, -0.2) is 82.3 Å². The number of likely N-dealkylation sites (N-methyl/N-ethyl adjacent to an activating group) is 1. The zero-order valence-electron chi connectivity index (χ0n) is 13.3. The van der Waals surface area contributed by atoms with E-state index < -0.39 is 10.2 Å². The SMILES string of the molecule is CNCC1CCCCN1S(=O)(=O)N(C)CCCN(C)C. The Morgan fingerprint density at radius 1 is 1.20 bits per heavy atom. The largest absolute Gasteiger partial charge is 0.318 e. The average molecular weight is 306 g/mol. The molecule has 1 aliphatic rings. The summed E-state index contributed by atoms with van der Waals surface area (Å²) in [5.41, 5.74) is 0. The molecule has 1 saturated heterocycles. The summed E-state index contributed by atoms with van der Waals surface area (Å²) in [4.78, 5) is 2.07. The first-order valence-electron chi connectivity index (χ1n) is 7.42. The van der Waals surface area contributed by atoms with Gasteiger partial charge >= 0.3 is 0 Å². The molecular weight excluding hydrogens is 276 g/mol. The van der Waals surface area contributed by atoms with Crippen LogP contribution < -0.4 is 5.32 Å². The third-order valence-electron chi connectivity index (χ3n) is 3.78. The van der Waals surface area contributed by atoms with Crippen molar-refractivity contribution in [2.45, 2.75) is 31.7 Å². The van der Waals surface area contributed by atoms with Crippen molar-refractivity contribution in [1.82, 2.24) is 18.8 Å². The number of nitrogens with one attached hydrogen (secondary N) is 1. The summed E-state index contributed by atoms with van der Waals surface area (Å²) in [5, 5.41) is 3.11. The molecular formula is C13H30N4O2S. The van der Waals surface area contributed by atoms with Gasteiger partial charge in [0.1, 0.15) is 0 Å². The minimum absolute atomic E-state index is 0.0926. The lowest BCUT2D eigenvalue weighted by molar-refractivity contribution is 0.232. The molecule has 0 aromatic rings. The summed E-state index contributed by atoms with van der Waals surface area (Å²) >= 11 is 0. The summed E-state index contributed by atoms with van der Waals surface area (Å²) in [6.45, 7) is 2.85. The molecule has 6 nitrogen and oxygen atoms in total.